The third-order valence-electron chi connectivity index (χ3n) is 5.02. The Hall–Kier alpha value is -3.47. The predicted octanol–water partition coefficient (Wildman–Crippen LogP) is 1.57. The third-order valence-corrected chi connectivity index (χ3v) is 6.92. The van der Waals surface area contributed by atoms with Crippen LogP contribution in [0.5, 0.6) is 0 Å². The van der Waals surface area contributed by atoms with Gasteiger partial charge in [0.2, 0.25) is 10.0 Å². The Kier molecular flexibility index (Phi) is 6.35. The van der Waals surface area contributed by atoms with Gasteiger partial charge in [-0.25, -0.2) is 8.42 Å². The molecule has 0 unspecified atom stereocenters. The van der Waals surface area contributed by atoms with Crippen LogP contribution < -0.4 is 10.9 Å². The highest BCUT2D eigenvalue weighted by Crippen LogP contribution is 2.18. The highest BCUT2D eigenvalue weighted by Gasteiger charge is 2.27. The molecule has 1 saturated heterocycles. The van der Waals surface area contributed by atoms with Crippen molar-refractivity contribution in [3.8, 4) is 5.69 Å². The summed E-state index contributed by atoms with van der Waals surface area (Å²) in [5.74, 6) is -1.13. The molecule has 4 rings (SSSR count). The molecule has 0 saturated carbocycles. The maximum Gasteiger partial charge on any atom is 0.271 e. The van der Waals surface area contributed by atoms with Gasteiger partial charge in [0.1, 0.15) is 0 Å². The van der Waals surface area contributed by atoms with Crippen molar-refractivity contribution in [2.45, 2.75) is 4.90 Å². The van der Waals surface area contributed by atoms with E-state index >= 15 is 0 Å². The molecule has 1 fully saturated rings. The first kappa shape index (κ1) is 21.8. The summed E-state index contributed by atoms with van der Waals surface area (Å²) in [4.78, 5) is 25.3. The highest BCUT2D eigenvalue weighted by molar-refractivity contribution is 7.89. The number of benzene rings is 2. The summed E-state index contributed by atoms with van der Waals surface area (Å²) in [5.41, 5.74) is 5.88. The lowest BCUT2D eigenvalue weighted by Crippen LogP contribution is -2.42. The zero-order valence-corrected chi connectivity index (χ0v) is 17.9. The number of sulfonamides is 1. The Morgan fingerprint density at radius 2 is 1.53 bits per heavy atom. The van der Waals surface area contributed by atoms with E-state index in [0.29, 0.717) is 24.5 Å². The van der Waals surface area contributed by atoms with Crippen LogP contribution in [0.15, 0.2) is 78.0 Å². The minimum absolute atomic E-state index is 0.0105. The number of hydrogen-bond donors (Lipinski definition) is 2. The second kappa shape index (κ2) is 9.35. The average Bonchev–Trinajstić information content (AvgIpc) is 3.38. The van der Waals surface area contributed by atoms with Gasteiger partial charge in [-0.1, -0.05) is 18.2 Å². The van der Waals surface area contributed by atoms with Crippen molar-refractivity contribution >= 4 is 21.8 Å². The minimum atomic E-state index is -3.74. The lowest BCUT2D eigenvalue weighted by molar-refractivity contribution is 0.0730. The van der Waals surface area contributed by atoms with Crippen LogP contribution in [0.25, 0.3) is 5.69 Å². The number of amides is 2. The van der Waals surface area contributed by atoms with E-state index < -0.39 is 21.8 Å². The standard InChI is InChI=1S/C22H22N4O5S/c27-21(17-6-5-7-18(16-17)32(29,30)26-12-14-31-15-13-26)23-24-22(28)19-8-1-2-9-20(19)25-10-3-4-11-25/h1-11,16H,12-15H2,(H,23,27)(H,24,28). The first-order chi connectivity index (χ1) is 15.5. The zero-order valence-electron chi connectivity index (χ0n) is 17.1. The van der Waals surface area contributed by atoms with Crippen LogP contribution in [-0.2, 0) is 14.8 Å². The van der Waals surface area contributed by atoms with Crippen LogP contribution >= 0.6 is 0 Å². The Labute approximate surface area is 185 Å². The molecule has 2 aromatic carbocycles. The summed E-state index contributed by atoms with van der Waals surface area (Å²) in [5, 5.41) is 0. The zero-order chi connectivity index (χ0) is 22.6. The van der Waals surface area contributed by atoms with Crippen molar-refractivity contribution < 1.29 is 22.7 Å². The van der Waals surface area contributed by atoms with E-state index in [-0.39, 0.29) is 23.5 Å². The van der Waals surface area contributed by atoms with E-state index in [1.807, 2.05) is 30.6 Å². The molecule has 3 aromatic rings. The Morgan fingerprint density at radius 1 is 0.844 bits per heavy atom. The monoisotopic (exact) mass is 454 g/mol. The second-order valence-electron chi connectivity index (χ2n) is 7.06. The summed E-state index contributed by atoms with van der Waals surface area (Å²) in [6, 6.07) is 16.4. The number of nitrogens with one attached hydrogen (secondary N) is 2. The van der Waals surface area contributed by atoms with Crippen LogP contribution in [0, 0.1) is 0 Å². The Balaban J connectivity index is 1.46. The van der Waals surface area contributed by atoms with Crippen molar-refractivity contribution in [3.05, 3.63) is 84.2 Å². The van der Waals surface area contributed by atoms with E-state index in [1.54, 1.807) is 22.8 Å². The summed E-state index contributed by atoms with van der Waals surface area (Å²) in [6.45, 7) is 1.18. The molecule has 1 aliphatic heterocycles. The Bertz CT molecular complexity index is 1220. The van der Waals surface area contributed by atoms with Crippen molar-refractivity contribution in [3.63, 3.8) is 0 Å². The van der Waals surface area contributed by atoms with Gasteiger partial charge in [0.25, 0.3) is 11.8 Å². The Morgan fingerprint density at radius 3 is 2.28 bits per heavy atom. The molecule has 0 spiro atoms. The fourth-order valence-electron chi connectivity index (χ4n) is 3.37. The molecule has 0 aliphatic carbocycles. The molecule has 2 amide bonds. The number of hydrogen-bond acceptors (Lipinski definition) is 5. The average molecular weight is 455 g/mol. The molecule has 0 atom stereocenters. The van der Waals surface area contributed by atoms with E-state index in [0.717, 1.165) is 0 Å². The largest absolute Gasteiger partial charge is 0.379 e. The molecule has 166 valence electrons. The van der Waals surface area contributed by atoms with Gasteiger partial charge < -0.3 is 9.30 Å². The molecular weight excluding hydrogens is 432 g/mol. The number of ether oxygens (including phenoxy) is 1. The molecular formula is C22H22N4O5S. The fraction of sp³-hybridized carbons (Fsp3) is 0.182. The molecule has 0 bridgehead atoms. The normalized spacial score (nSPS) is 14.6. The topological polar surface area (TPSA) is 110 Å². The molecule has 0 radical (unpaired) electrons. The van der Waals surface area contributed by atoms with Gasteiger partial charge in [-0.15, -0.1) is 0 Å². The van der Waals surface area contributed by atoms with Crippen LogP contribution in [0.3, 0.4) is 0 Å². The molecule has 10 heteroatoms. The quantitative estimate of drug-likeness (QED) is 0.569. The van der Waals surface area contributed by atoms with Gasteiger partial charge in [0.05, 0.1) is 29.4 Å². The lowest BCUT2D eigenvalue weighted by atomic mass is 10.1. The van der Waals surface area contributed by atoms with Crippen molar-refractivity contribution in [1.29, 1.82) is 0 Å². The molecule has 1 aliphatic rings. The summed E-state index contributed by atoms with van der Waals surface area (Å²) in [7, 11) is -3.74. The van der Waals surface area contributed by atoms with Gasteiger partial charge in [-0.05, 0) is 42.5 Å². The first-order valence-electron chi connectivity index (χ1n) is 9.98. The first-order valence-corrected chi connectivity index (χ1v) is 11.4. The highest BCUT2D eigenvalue weighted by atomic mass is 32.2. The van der Waals surface area contributed by atoms with Gasteiger partial charge in [0.15, 0.2) is 0 Å². The number of carbonyl (C=O) groups is 2. The van der Waals surface area contributed by atoms with Crippen molar-refractivity contribution in [1.82, 2.24) is 19.7 Å². The number of carbonyl (C=O) groups excluding carboxylic acids is 2. The fourth-order valence-corrected chi connectivity index (χ4v) is 4.83. The lowest BCUT2D eigenvalue weighted by Gasteiger charge is -2.26. The molecule has 2 heterocycles. The number of morpholine rings is 1. The van der Waals surface area contributed by atoms with E-state index in [2.05, 4.69) is 10.9 Å². The van der Waals surface area contributed by atoms with Crippen molar-refractivity contribution in [2.24, 2.45) is 0 Å². The smallest absolute Gasteiger partial charge is 0.271 e. The van der Waals surface area contributed by atoms with Gasteiger partial charge >= 0.3 is 0 Å². The van der Waals surface area contributed by atoms with E-state index in [1.165, 1.54) is 28.6 Å². The molecule has 1 aromatic heterocycles. The third kappa shape index (κ3) is 4.57. The number of rotatable bonds is 5. The number of nitrogens with zero attached hydrogens (tertiary/aromatic N) is 2. The maximum atomic E-state index is 12.8. The second-order valence-corrected chi connectivity index (χ2v) is 9.00. The van der Waals surface area contributed by atoms with E-state index in [9.17, 15) is 18.0 Å². The van der Waals surface area contributed by atoms with E-state index in [4.69, 9.17) is 4.74 Å². The number of aromatic nitrogens is 1. The number of para-hydroxylation sites is 1. The van der Waals surface area contributed by atoms with Gasteiger partial charge in [-0.3, -0.25) is 20.4 Å². The molecule has 9 nitrogen and oxygen atoms in total. The van der Waals surface area contributed by atoms with Crippen LogP contribution in [-0.4, -0.2) is 55.4 Å². The summed E-state index contributed by atoms with van der Waals surface area (Å²) in [6.07, 6.45) is 3.62. The van der Waals surface area contributed by atoms with Crippen molar-refractivity contribution in [2.75, 3.05) is 26.3 Å². The van der Waals surface area contributed by atoms with Crippen LogP contribution in [0.2, 0.25) is 0 Å². The summed E-state index contributed by atoms with van der Waals surface area (Å²) < 4.78 is 34.0. The van der Waals surface area contributed by atoms with Crippen LogP contribution in [0.1, 0.15) is 20.7 Å². The van der Waals surface area contributed by atoms with Gasteiger partial charge in [-0.2, -0.15) is 4.31 Å². The predicted molar refractivity (Wildman–Crippen MR) is 117 cm³/mol. The van der Waals surface area contributed by atoms with Gasteiger partial charge in [0, 0.05) is 31.0 Å². The summed E-state index contributed by atoms with van der Waals surface area (Å²) >= 11 is 0. The molecule has 32 heavy (non-hydrogen) atoms. The minimum Gasteiger partial charge on any atom is -0.379 e. The van der Waals surface area contributed by atoms with Crippen LogP contribution in [0.4, 0.5) is 0 Å². The maximum absolute atomic E-state index is 12.8. The SMILES string of the molecule is O=C(NNC(=O)c1ccccc1-n1cccc1)c1cccc(S(=O)(=O)N2CCOCC2)c1. The molecule has 2 N–H and O–H groups in total. The number of hydrazine groups is 1.